The lowest BCUT2D eigenvalue weighted by atomic mass is 9.91. The number of carbonyl (C=O) groups is 1. The van der Waals surface area contributed by atoms with Gasteiger partial charge in [0.15, 0.2) is 0 Å². The van der Waals surface area contributed by atoms with Crippen LogP contribution in [0.5, 0.6) is 5.75 Å². The van der Waals surface area contributed by atoms with E-state index in [9.17, 15) is 4.79 Å². The number of ether oxygens (including phenoxy) is 2. The van der Waals surface area contributed by atoms with Crippen LogP contribution in [0.15, 0.2) is 18.2 Å². The van der Waals surface area contributed by atoms with Crippen molar-refractivity contribution < 1.29 is 14.3 Å². The van der Waals surface area contributed by atoms with Gasteiger partial charge in [-0.1, -0.05) is 44.7 Å². The maximum absolute atomic E-state index is 12.2. The van der Waals surface area contributed by atoms with Crippen LogP contribution in [0.2, 0.25) is 0 Å². The molecule has 4 nitrogen and oxygen atoms in total. The van der Waals surface area contributed by atoms with E-state index in [1.807, 2.05) is 19.1 Å². The minimum Gasteiger partial charge on any atom is -0.495 e. The van der Waals surface area contributed by atoms with Crippen molar-refractivity contribution in [2.75, 3.05) is 19.5 Å². The Morgan fingerprint density at radius 3 is 2.62 bits per heavy atom. The van der Waals surface area contributed by atoms with Gasteiger partial charge in [0.2, 0.25) is 0 Å². The van der Waals surface area contributed by atoms with Crippen molar-refractivity contribution in [1.82, 2.24) is 0 Å². The molecule has 2 N–H and O–H groups in total. The maximum Gasteiger partial charge on any atom is 0.313 e. The van der Waals surface area contributed by atoms with E-state index in [0.717, 1.165) is 24.8 Å². The molecule has 0 aromatic heterocycles. The molecule has 0 radical (unpaired) electrons. The van der Waals surface area contributed by atoms with E-state index >= 15 is 0 Å². The lowest BCUT2D eigenvalue weighted by Gasteiger charge is -2.19. The molecule has 21 heavy (non-hydrogen) atoms. The molecule has 0 spiro atoms. The summed E-state index contributed by atoms with van der Waals surface area (Å²) in [7, 11) is 1.58. The molecular formula is C17H27NO3. The Labute approximate surface area is 127 Å². The number of esters is 1. The summed E-state index contributed by atoms with van der Waals surface area (Å²) >= 11 is 0. The van der Waals surface area contributed by atoms with Crippen LogP contribution in [0.4, 0.5) is 5.69 Å². The normalized spacial score (nSPS) is 12.0. The van der Waals surface area contributed by atoms with Gasteiger partial charge in [-0.2, -0.15) is 0 Å². The summed E-state index contributed by atoms with van der Waals surface area (Å²) in [5.41, 5.74) is 7.47. The zero-order chi connectivity index (χ0) is 15.7. The Morgan fingerprint density at radius 1 is 1.24 bits per heavy atom. The fourth-order valence-corrected chi connectivity index (χ4v) is 2.46. The lowest BCUT2D eigenvalue weighted by Crippen LogP contribution is -2.17. The Hall–Kier alpha value is -1.71. The van der Waals surface area contributed by atoms with E-state index in [2.05, 4.69) is 6.92 Å². The number of methoxy groups -OCH3 is 1. The van der Waals surface area contributed by atoms with Gasteiger partial charge < -0.3 is 15.2 Å². The molecule has 1 aromatic rings. The molecule has 0 heterocycles. The molecular weight excluding hydrogens is 266 g/mol. The first kappa shape index (κ1) is 17.3. The number of hydrogen-bond donors (Lipinski definition) is 1. The van der Waals surface area contributed by atoms with Crippen molar-refractivity contribution in [3.8, 4) is 5.75 Å². The quantitative estimate of drug-likeness (QED) is 0.426. The SMILES string of the molecule is CCCCCCC(C(=O)OCC)c1cccc(OC)c1N. The average molecular weight is 293 g/mol. The predicted molar refractivity (Wildman–Crippen MR) is 85.5 cm³/mol. The van der Waals surface area contributed by atoms with E-state index < -0.39 is 0 Å². The third-order valence-electron chi connectivity index (χ3n) is 3.61. The van der Waals surface area contributed by atoms with Crippen LogP contribution in [-0.4, -0.2) is 19.7 Å². The van der Waals surface area contributed by atoms with Crippen LogP contribution in [0, 0.1) is 0 Å². The van der Waals surface area contributed by atoms with E-state index in [1.54, 1.807) is 13.2 Å². The molecule has 1 atom stereocenters. The Morgan fingerprint density at radius 2 is 2.00 bits per heavy atom. The topological polar surface area (TPSA) is 61.5 Å². The van der Waals surface area contributed by atoms with Gasteiger partial charge in [-0.25, -0.2) is 0 Å². The highest BCUT2D eigenvalue weighted by molar-refractivity contribution is 5.81. The number of unbranched alkanes of at least 4 members (excludes halogenated alkanes) is 3. The van der Waals surface area contributed by atoms with Crippen LogP contribution < -0.4 is 10.5 Å². The number of carbonyl (C=O) groups excluding carboxylic acids is 1. The number of nitrogen functional groups attached to an aromatic ring is 1. The Balaban J connectivity index is 2.92. The molecule has 0 aliphatic carbocycles. The van der Waals surface area contributed by atoms with Gasteiger partial charge in [0.05, 0.1) is 25.3 Å². The summed E-state index contributed by atoms with van der Waals surface area (Å²) in [5.74, 6) is 0.0983. The van der Waals surface area contributed by atoms with E-state index in [1.165, 1.54) is 12.8 Å². The van der Waals surface area contributed by atoms with Gasteiger partial charge in [-0.15, -0.1) is 0 Å². The first-order valence-electron chi connectivity index (χ1n) is 7.74. The summed E-state index contributed by atoms with van der Waals surface area (Å²) in [6.45, 7) is 4.37. The zero-order valence-electron chi connectivity index (χ0n) is 13.4. The molecule has 0 aliphatic rings. The van der Waals surface area contributed by atoms with Crippen LogP contribution in [0.1, 0.15) is 57.4 Å². The third kappa shape index (κ3) is 4.96. The summed E-state index contributed by atoms with van der Waals surface area (Å²) in [6.07, 6.45) is 5.23. The first-order valence-corrected chi connectivity index (χ1v) is 7.74. The van der Waals surface area contributed by atoms with Gasteiger partial charge in [0, 0.05) is 0 Å². The number of benzene rings is 1. The second-order valence-corrected chi connectivity index (χ2v) is 5.12. The smallest absolute Gasteiger partial charge is 0.313 e. The first-order chi connectivity index (χ1) is 10.2. The van der Waals surface area contributed by atoms with Crippen LogP contribution in [0.25, 0.3) is 0 Å². The van der Waals surface area contributed by atoms with Crippen molar-refractivity contribution >= 4 is 11.7 Å². The van der Waals surface area contributed by atoms with Gasteiger partial charge in [0.25, 0.3) is 0 Å². The lowest BCUT2D eigenvalue weighted by molar-refractivity contribution is -0.145. The highest BCUT2D eigenvalue weighted by Crippen LogP contribution is 2.34. The van der Waals surface area contributed by atoms with E-state index in [0.29, 0.717) is 18.0 Å². The summed E-state index contributed by atoms with van der Waals surface area (Å²) in [6, 6.07) is 5.56. The summed E-state index contributed by atoms with van der Waals surface area (Å²) < 4.78 is 10.5. The monoisotopic (exact) mass is 293 g/mol. The highest BCUT2D eigenvalue weighted by atomic mass is 16.5. The fraction of sp³-hybridized carbons (Fsp3) is 0.588. The maximum atomic E-state index is 12.2. The molecule has 0 bridgehead atoms. The van der Waals surface area contributed by atoms with Crippen molar-refractivity contribution in [1.29, 1.82) is 0 Å². The van der Waals surface area contributed by atoms with Gasteiger partial charge in [-0.05, 0) is 25.0 Å². The van der Waals surface area contributed by atoms with Gasteiger partial charge in [-0.3, -0.25) is 4.79 Å². The summed E-state index contributed by atoms with van der Waals surface area (Å²) in [4.78, 5) is 12.2. The van der Waals surface area contributed by atoms with E-state index in [4.69, 9.17) is 15.2 Å². The number of para-hydroxylation sites is 1. The highest BCUT2D eigenvalue weighted by Gasteiger charge is 2.24. The number of rotatable bonds is 9. The Kier molecular flexibility index (Phi) is 7.65. The molecule has 118 valence electrons. The standard InChI is InChI=1S/C17H27NO3/c1-4-6-7-8-10-14(17(19)21-5-2)13-11-9-12-15(20-3)16(13)18/h9,11-12,14H,4-8,10,18H2,1-3H3. The molecule has 4 heteroatoms. The predicted octanol–water partition coefficient (Wildman–Crippen LogP) is 3.89. The molecule has 0 amide bonds. The van der Waals surface area contributed by atoms with Crippen molar-refractivity contribution in [2.24, 2.45) is 0 Å². The van der Waals surface area contributed by atoms with Gasteiger partial charge in [0.1, 0.15) is 5.75 Å². The van der Waals surface area contributed by atoms with Gasteiger partial charge >= 0.3 is 5.97 Å². The molecule has 1 rings (SSSR count). The van der Waals surface area contributed by atoms with Crippen molar-refractivity contribution in [2.45, 2.75) is 51.9 Å². The van der Waals surface area contributed by atoms with Crippen LogP contribution >= 0.6 is 0 Å². The minimum atomic E-state index is -0.308. The number of hydrogen-bond acceptors (Lipinski definition) is 4. The molecule has 0 aliphatic heterocycles. The fourth-order valence-electron chi connectivity index (χ4n) is 2.46. The van der Waals surface area contributed by atoms with Crippen molar-refractivity contribution in [3.63, 3.8) is 0 Å². The largest absolute Gasteiger partial charge is 0.495 e. The summed E-state index contributed by atoms with van der Waals surface area (Å²) in [5, 5.41) is 0. The minimum absolute atomic E-state index is 0.200. The molecule has 0 fully saturated rings. The molecule has 1 unspecified atom stereocenters. The van der Waals surface area contributed by atoms with E-state index in [-0.39, 0.29) is 11.9 Å². The molecule has 1 aromatic carbocycles. The zero-order valence-corrected chi connectivity index (χ0v) is 13.4. The second kappa shape index (κ2) is 9.27. The number of anilines is 1. The number of nitrogens with two attached hydrogens (primary N) is 1. The van der Waals surface area contributed by atoms with Crippen LogP contribution in [-0.2, 0) is 9.53 Å². The van der Waals surface area contributed by atoms with Crippen LogP contribution in [0.3, 0.4) is 0 Å². The average Bonchev–Trinajstić information content (AvgIpc) is 2.48. The second-order valence-electron chi connectivity index (χ2n) is 5.12. The molecule has 0 saturated heterocycles. The third-order valence-corrected chi connectivity index (χ3v) is 3.61. The molecule has 0 saturated carbocycles. The van der Waals surface area contributed by atoms with Crippen molar-refractivity contribution in [3.05, 3.63) is 23.8 Å². The Bertz CT molecular complexity index is 446.